The molecular weight excluding hydrogens is 116 g/mol. The predicted molar refractivity (Wildman–Crippen MR) is 33.0 cm³/mol. The van der Waals surface area contributed by atoms with Crippen LogP contribution < -0.4 is 0 Å². The normalized spacial score (nSPS) is 21.1. The van der Waals surface area contributed by atoms with Gasteiger partial charge in [0.05, 0.1) is 0 Å². The molecule has 0 saturated carbocycles. The smallest absolute Gasteiger partial charge is 0.135 e. The maximum Gasteiger partial charge on any atom is 0.194 e. The number of nitrogens with zero attached hydrogens (tertiary/aromatic N) is 4. The van der Waals surface area contributed by atoms with Gasteiger partial charge in [-0.3, -0.25) is 0 Å². The fraction of sp³-hybridized carbons (Fsp3) is 1.00. The minimum absolute atomic E-state index is 0.306. The van der Waals surface area contributed by atoms with Crippen molar-refractivity contribution in [1.29, 1.82) is 0 Å². The molecule has 1 rings (SSSR count). The van der Waals surface area contributed by atoms with E-state index < -0.39 is 0 Å². The summed E-state index contributed by atoms with van der Waals surface area (Å²) in [6, 6.07) is 0. The molecule has 0 aromatic rings. The standard InChI is InChI=1S/C5H10N4/c1-3-5(4-2)6-8-9-7-5/h3-4H2,1-2H3. The Morgan fingerprint density at radius 3 is 1.67 bits per heavy atom. The molecular formula is C5H10N4. The van der Waals surface area contributed by atoms with Crippen LogP contribution in [0.3, 0.4) is 0 Å². The molecule has 0 N–H and O–H groups in total. The van der Waals surface area contributed by atoms with Gasteiger partial charge in [-0.1, -0.05) is 13.8 Å². The first-order valence-corrected chi connectivity index (χ1v) is 3.17. The van der Waals surface area contributed by atoms with Gasteiger partial charge in [0.15, 0.2) is 5.66 Å². The molecule has 0 saturated heterocycles. The molecule has 1 aliphatic rings. The van der Waals surface area contributed by atoms with Gasteiger partial charge < -0.3 is 0 Å². The third-order valence-electron chi connectivity index (χ3n) is 1.63. The van der Waals surface area contributed by atoms with Gasteiger partial charge in [0, 0.05) is 0 Å². The van der Waals surface area contributed by atoms with Crippen molar-refractivity contribution in [3.63, 3.8) is 0 Å². The van der Waals surface area contributed by atoms with Crippen LogP contribution >= 0.6 is 0 Å². The third-order valence-corrected chi connectivity index (χ3v) is 1.63. The van der Waals surface area contributed by atoms with Gasteiger partial charge in [0.25, 0.3) is 0 Å². The third kappa shape index (κ3) is 0.966. The molecule has 4 heteroatoms. The minimum atomic E-state index is -0.306. The fourth-order valence-corrected chi connectivity index (χ4v) is 0.759. The summed E-state index contributed by atoms with van der Waals surface area (Å²) in [4.78, 5) is 0. The number of hydrogen-bond acceptors (Lipinski definition) is 4. The van der Waals surface area contributed by atoms with E-state index in [4.69, 9.17) is 0 Å². The second-order valence-corrected chi connectivity index (χ2v) is 2.07. The van der Waals surface area contributed by atoms with E-state index >= 15 is 0 Å². The summed E-state index contributed by atoms with van der Waals surface area (Å²) in [6.45, 7) is 4.07. The topological polar surface area (TPSA) is 49.4 Å². The largest absolute Gasteiger partial charge is 0.194 e. The molecule has 0 fully saturated rings. The van der Waals surface area contributed by atoms with Gasteiger partial charge in [-0.2, -0.15) is 0 Å². The molecule has 9 heavy (non-hydrogen) atoms. The van der Waals surface area contributed by atoms with Gasteiger partial charge >= 0.3 is 0 Å². The zero-order valence-electron chi connectivity index (χ0n) is 5.70. The molecule has 0 aromatic heterocycles. The van der Waals surface area contributed by atoms with E-state index in [9.17, 15) is 0 Å². The van der Waals surface area contributed by atoms with E-state index in [1.807, 2.05) is 13.8 Å². The fourth-order valence-electron chi connectivity index (χ4n) is 0.759. The Labute approximate surface area is 54.1 Å². The van der Waals surface area contributed by atoms with Crippen LogP contribution in [0.15, 0.2) is 20.7 Å². The molecule has 0 unspecified atom stereocenters. The van der Waals surface area contributed by atoms with Crippen LogP contribution in [0.25, 0.3) is 0 Å². The maximum absolute atomic E-state index is 3.90. The molecule has 0 aromatic carbocycles. The highest BCUT2D eigenvalue weighted by molar-refractivity contribution is 4.80. The minimum Gasteiger partial charge on any atom is -0.135 e. The van der Waals surface area contributed by atoms with Gasteiger partial charge in [-0.25, -0.2) is 0 Å². The van der Waals surface area contributed by atoms with Gasteiger partial charge in [-0.15, -0.1) is 10.2 Å². The summed E-state index contributed by atoms with van der Waals surface area (Å²) in [5, 5.41) is 14.7. The van der Waals surface area contributed by atoms with Crippen LogP contribution in [0.4, 0.5) is 0 Å². The summed E-state index contributed by atoms with van der Waals surface area (Å²) in [6.07, 6.45) is 1.77. The van der Waals surface area contributed by atoms with Crippen LogP contribution in [0, 0.1) is 0 Å². The van der Waals surface area contributed by atoms with Crippen molar-refractivity contribution in [2.75, 3.05) is 0 Å². The van der Waals surface area contributed by atoms with E-state index in [2.05, 4.69) is 20.7 Å². The van der Waals surface area contributed by atoms with Crippen molar-refractivity contribution in [3.05, 3.63) is 0 Å². The molecule has 0 radical (unpaired) electrons. The van der Waals surface area contributed by atoms with Crippen molar-refractivity contribution < 1.29 is 0 Å². The van der Waals surface area contributed by atoms with E-state index in [0.29, 0.717) is 0 Å². The first kappa shape index (κ1) is 6.32. The Hall–Kier alpha value is -0.800. The Kier molecular flexibility index (Phi) is 1.55. The highest BCUT2D eigenvalue weighted by atomic mass is 15.6. The lowest BCUT2D eigenvalue weighted by molar-refractivity contribution is 0.412. The van der Waals surface area contributed by atoms with Crippen molar-refractivity contribution >= 4 is 0 Å². The SMILES string of the molecule is CCC1(CC)N=NN=N1. The van der Waals surface area contributed by atoms with Crippen LogP contribution in [0.1, 0.15) is 26.7 Å². The summed E-state index contributed by atoms with van der Waals surface area (Å²) in [5.41, 5.74) is -0.306. The van der Waals surface area contributed by atoms with Crippen molar-refractivity contribution in [1.82, 2.24) is 0 Å². The molecule has 0 atom stereocenters. The maximum atomic E-state index is 3.90. The van der Waals surface area contributed by atoms with Crippen LogP contribution in [0.5, 0.6) is 0 Å². The van der Waals surface area contributed by atoms with E-state index in [-0.39, 0.29) is 5.66 Å². The highest BCUT2D eigenvalue weighted by Gasteiger charge is 2.27. The molecule has 0 amide bonds. The molecule has 1 aliphatic heterocycles. The second-order valence-electron chi connectivity index (χ2n) is 2.07. The van der Waals surface area contributed by atoms with Gasteiger partial charge in [0.2, 0.25) is 0 Å². The van der Waals surface area contributed by atoms with Crippen molar-refractivity contribution in [3.8, 4) is 0 Å². The summed E-state index contributed by atoms with van der Waals surface area (Å²) >= 11 is 0. The first-order valence-electron chi connectivity index (χ1n) is 3.17. The Balaban J connectivity index is 2.69. The van der Waals surface area contributed by atoms with E-state index in [1.54, 1.807) is 0 Å². The van der Waals surface area contributed by atoms with Crippen molar-refractivity contribution in [2.24, 2.45) is 20.7 Å². The zero-order valence-corrected chi connectivity index (χ0v) is 5.70. The average Bonchev–Trinajstić information content (AvgIpc) is 2.36. The monoisotopic (exact) mass is 126 g/mol. The summed E-state index contributed by atoms with van der Waals surface area (Å²) < 4.78 is 0. The number of rotatable bonds is 2. The highest BCUT2D eigenvalue weighted by Crippen LogP contribution is 2.26. The molecule has 0 aliphatic carbocycles. The van der Waals surface area contributed by atoms with Crippen molar-refractivity contribution in [2.45, 2.75) is 32.4 Å². The van der Waals surface area contributed by atoms with Gasteiger partial charge in [0.1, 0.15) is 0 Å². The lowest BCUT2D eigenvalue weighted by atomic mass is 10.1. The summed E-state index contributed by atoms with van der Waals surface area (Å²) in [5.74, 6) is 0. The molecule has 1 heterocycles. The second kappa shape index (κ2) is 2.21. The zero-order chi connectivity index (χ0) is 6.74. The number of hydrogen-bond donors (Lipinski definition) is 0. The Morgan fingerprint density at radius 1 is 1.00 bits per heavy atom. The molecule has 0 spiro atoms. The van der Waals surface area contributed by atoms with Crippen LogP contribution in [-0.2, 0) is 0 Å². The lowest BCUT2D eigenvalue weighted by Gasteiger charge is -2.12. The molecule has 50 valence electrons. The summed E-state index contributed by atoms with van der Waals surface area (Å²) in [7, 11) is 0. The Bertz CT molecular complexity index is 131. The predicted octanol–water partition coefficient (Wildman–Crippen LogP) is 2.34. The van der Waals surface area contributed by atoms with Crippen LogP contribution in [-0.4, -0.2) is 5.66 Å². The van der Waals surface area contributed by atoms with Gasteiger partial charge in [-0.05, 0) is 23.3 Å². The first-order chi connectivity index (χ1) is 4.33. The average molecular weight is 126 g/mol. The Morgan fingerprint density at radius 2 is 1.44 bits per heavy atom. The lowest BCUT2D eigenvalue weighted by Crippen LogP contribution is -2.17. The van der Waals surface area contributed by atoms with Crippen LogP contribution in [0.2, 0.25) is 0 Å². The van der Waals surface area contributed by atoms with E-state index in [1.165, 1.54) is 0 Å². The quantitative estimate of drug-likeness (QED) is 0.545. The van der Waals surface area contributed by atoms with E-state index in [0.717, 1.165) is 12.8 Å². The molecule has 0 bridgehead atoms. The molecule has 4 nitrogen and oxygen atoms in total.